The van der Waals surface area contributed by atoms with E-state index < -0.39 is 6.10 Å². The van der Waals surface area contributed by atoms with Crippen LogP contribution in [-0.4, -0.2) is 27.4 Å². The zero-order chi connectivity index (χ0) is 12.3. The Bertz CT molecular complexity index is 363. The molecule has 4 N–H and O–H groups in total. The Morgan fingerprint density at radius 1 is 1.18 bits per heavy atom. The predicted octanol–water partition coefficient (Wildman–Crippen LogP) is 1.94. The van der Waals surface area contributed by atoms with E-state index in [0.717, 1.165) is 0 Å². The van der Waals surface area contributed by atoms with Crippen LogP contribution in [-0.2, 0) is 0 Å². The summed E-state index contributed by atoms with van der Waals surface area (Å²) in [6.07, 6.45) is -0.703. The summed E-state index contributed by atoms with van der Waals surface area (Å²) >= 11 is 0. The molecule has 0 saturated heterocycles. The molecular weight excluding hydrogens is 242 g/mol. The highest BCUT2D eigenvalue weighted by Crippen LogP contribution is 2.27. The van der Waals surface area contributed by atoms with E-state index in [-0.39, 0.29) is 29.4 Å². The normalized spacial score (nSPS) is 12.9. The van der Waals surface area contributed by atoms with Gasteiger partial charge in [-0.1, -0.05) is 6.07 Å². The standard InChI is InChI=1S/C12H19NO3.ClH/c1-12(2,3)13-7-11(16)8-4-5-9(14)10(15)6-8;/h4-6,11,13-16H,7H2,1-3H3;1H. The third-order valence-corrected chi connectivity index (χ3v) is 2.21. The second-order valence-electron chi connectivity index (χ2n) is 4.89. The van der Waals surface area contributed by atoms with Crippen molar-refractivity contribution >= 4 is 12.4 Å². The number of phenolic OH excluding ortho intramolecular Hbond substituents is 2. The third-order valence-electron chi connectivity index (χ3n) is 2.21. The van der Waals surface area contributed by atoms with E-state index in [4.69, 9.17) is 5.11 Å². The van der Waals surface area contributed by atoms with Crippen LogP contribution in [0.5, 0.6) is 11.5 Å². The number of β-amino-alcohol motifs (C(OH)–C–C–N with tert-alkyl or cyclic N) is 1. The summed E-state index contributed by atoms with van der Waals surface area (Å²) in [5, 5.41) is 31.4. The van der Waals surface area contributed by atoms with Crippen molar-refractivity contribution in [3.63, 3.8) is 0 Å². The Hall–Kier alpha value is -0.970. The van der Waals surface area contributed by atoms with E-state index in [1.165, 1.54) is 12.1 Å². The molecule has 1 rings (SSSR count). The SMILES string of the molecule is CC(C)(C)NCC(O)c1ccc(O)c(O)c1.Cl. The van der Waals surface area contributed by atoms with Crippen molar-refractivity contribution < 1.29 is 15.3 Å². The van der Waals surface area contributed by atoms with Crippen molar-refractivity contribution in [2.24, 2.45) is 0 Å². The zero-order valence-corrected chi connectivity index (χ0v) is 11.1. The number of phenols is 2. The van der Waals surface area contributed by atoms with Gasteiger partial charge in [0.25, 0.3) is 0 Å². The Balaban J connectivity index is 0.00000256. The molecule has 0 aliphatic heterocycles. The summed E-state index contributed by atoms with van der Waals surface area (Å²) in [5.41, 5.74) is 0.506. The summed E-state index contributed by atoms with van der Waals surface area (Å²) in [5.74, 6) is -0.396. The first kappa shape index (κ1) is 16.0. The Kier molecular flexibility index (Phi) is 5.75. The average Bonchev–Trinajstić information content (AvgIpc) is 2.17. The van der Waals surface area contributed by atoms with Crippen LogP contribution in [0.25, 0.3) is 0 Å². The number of nitrogens with one attached hydrogen (secondary N) is 1. The highest BCUT2D eigenvalue weighted by Gasteiger charge is 2.14. The second-order valence-corrected chi connectivity index (χ2v) is 4.89. The first-order valence-corrected chi connectivity index (χ1v) is 5.24. The molecule has 0 aliphatic rings. The monoisotopic (exact) mass is 261 g/mol. The number of aromatic hydroxyl groups is 2. The summed E-state index contributed by atoms with van der Waals surface area (Å²) < 4.78 is 0. The van der Waals surface area contributed by atoms with Gasteiger partial charge in [-0.3, -0.25) is 0 Å². The van der Waals surface area contributed by atoms with E-state index in [1.807, 2.05) is 20.8 Å². The van der Waals surface area contributed by atoms with Gasteiger partial charge in [0.2, 0.25) is 0 Å². The molecule has 0 saturated carbocycles. The fourth-order valence-electron chi connectivity index (χ4n) is 1.27. The fraction of sp³-hybridized carbons (Fsp3) is 0.500. The van der Waals surface area contributed by atoms with Crippen molar-refractivity contribution in [3.05, 3.63) is 23.8 Å². The highest BCUT2D eigenvalue weighted by molar-refractivity contribution is 5.85. The average molecular weight is 262 g/mol. The van der Waals surface area contributed by atoms with Crippen LogP contribution >= 0.6 is 12.4 Å². The molecule has 5 heteroatoms. The lowest BCUT2D eigenvalue weighted by Crippen LogP contribution is -2.38. The van der Waals surface area contributed by atoms with Crippen molar-refractivity contribution in [1.82, 2.24) is 5.32 Å². The molecule has 0 amide bonds. The van der Waals surface area contributed by atoms with Crippen molar-refractivity contribution in [2.45, 2.75) is 32.4 Å². The molecule has 0 bridgehead atoms. The molecule has 0 aliphatic carbocycles. The highest BCUT2D eigenvalue weighted by atomic mass is 35.5. The molecule has 0 aromatic heterocycles. The molecule has 1 atom stereocenters. The van der Waals surface area contributed by atoms with Gasteiger partial charge >= 0.3 is 0 Å². The van der Waals surface area contributed by atoms with Crippen LogP contribution in [0.2, 0.25) is 0 Å². The topological polar surface area (TPSA) is 72.7 Å². The maximum Gasteiger partial charge on any atom is 0.157 e. The molecule has 1 aromatic carbocycles. The minimum absolute atomic E-state index is 0. The minimum Gasteiger partial charge on any atom is -0.504 e. The van der Waals surface area contributed by atoms with Crippen molar-refractivity contribution in [3.8, 4) is 11.5 Å². The number of hydrogen-bond donors (Lipinski definition) is 4. The Labute approximate surface area is 108 Å². The summed E-state index contributed by atoms with van der Waals surface area (Å²) in [6, 6.07) is 4.32. The largest absolute Gasteiger partial charge is 0.504 e. The lowest BCUT2D eigenvalue weighted by Gasteiger charge is -2.23. The van der Waals surface area contributed by atoms with Gasteiger partial charge < -0.3 is 20.6 Å². The minimum atomic E-state index is -0.703. The second kappa shape index (κ2) is 6.10. The maximum atomic E-state index is 9.84. The van der Waals surface area contributed by atoms with Crippen LogP contribution in [0, 0.1) is 0 Å². The molecule has 0 radical (unpaired) electrons. The number of benzene rings is 1. The Morgan fingerprint density at radius 2 is 1.76 bits per heavy atom. The first-order valence-electron chi connectivity index (χ1n) is 5.24. The molecule has 1 aromatic rings. The molecule has 0 spiro atoms. The summed E-state index contributed by atoms with van der Waals surface area (Å²) in [6.45, 7) is 6.42. The van der Waals surface area contributed by atoms with Gasteiger partial charge in [0, 0.05) is 12.1 Å². The van der Waals surface area contributed by atoms with Gasteiger partial charge in [-0.05, 0) is 38.5 Å². The van der Waals surface area contributed by atoms with E-state index in [2.05, 4.69) is 5.32 Å². The number of halogens is 1. The number of aliphatic hydroxyl groups excluding tert-OH is 1. The van der Waals surface area contributed by atoms with Gasteiger partial charge in [-0.2, -0.15) is 0 Å². The van der Waals surface area contributed by atoms with E-state index >= 15 is 0 Å². The fourth-order valence-corrected chi connectivity index (χ4v) is 1.27. The third kappa shape index (κ3) is 5.26. The molecule has 17 heavy (non-hydrogen) atoms. The molecule has 98 valence electrons. The van der Waals surface area contributed by atoms with Crippen LogP contribution in [0.15, 0.2) is 18.2 Å². The zero-order valence-electron chi connectivity index (χ0n) is 10.3. The molecule has 0 heterocycles. The van der Waals surface area contributed by atoms with E-state index in [0.29, 0.717) is 12.1 Å². The van der Waals surface area contributed by atoms with E-state index in [1.54, 1.807) is 6.07 Å². The van der Waals surface area contributed by atoms with Crippen LogP contribution < -0.4 is 5.32 Å². The van der Waals surface area contributed by atoms with Crippen LogP contribution in [0.3, 0.4) is 0 Å². The summed E-state index contributed by atoms with van der Waals surface area (Å²) in [4.78, 5) is 0. The number of aliphatic hydroxyl groups is 1. The van der Waals surface area contributed by atoms with Gasteiger partial charge in [0.05, 0.1) is 6.10 Å². The van der Waals surface area contributed by atoms with Crippen molar-refractivity contribution in [1.29, 1.82) is 0 Å². The van der Waals surface area contributed by atoms with Gasteiger partial charge in [-0.25, -0.2) is 0 Å². The Morgan fingerprint density at radius 3 is 2.24 bits per heavy atom. The molecule has 1 unspecified atom stereocenters. The number of rotatable bonds is 3. The van der Waals surface area contributed by atoms with Gasteiger partial charge in [0.1, 0.15) is 0 Å². The van der Waals surface area contributed by atoms with Crippen LogP contribution in [0.4, 0.5) is 0 Å². The lowest BCUT2D eigenvalue weighted by atomic mass is 10.1. The molecule has 4 nitrogen and oxygen atoms in total. The smallest absolute Gasteiger partial charge is 0.157 e. The molecular formula is C12H20ClNO3. The predicted molar refractivity (Wildman–Crippen MR) is 69.7 cm³/mol. The molecule has 0 fully saturated rings. The quantitative estimate of drug-likeness (QED) is 0.628. The van der Waals surface area contributed by atoms with Crippen LogP contribution in [0.1, 0.15) is 32.4 Å². The lowest BCUT2D eigenvalue weighted by molar-refractivity contribution is 0.163. The maximum absolute atomic E-state index is 9.84. The summed E-state index contributed by atoms with van der Waals surface area (Å²) in [7, 11) is 0. The van der Waals surface area contributed by atoms with Gasteiger partial charge in [-0.15, -0.1) is 12.4 Å². The van der Waals surface area contributed by atoms with Crippen molar-refractivity contribution in [2.75, 3.05) is 6.54 Å². The van der Waals surface area contributed by atoms with Gasteiger partial charge in [0.15, 0.2) is 11.5 Å². The number of hydrogen-bond acceptors (Lipinski definition) is 4. The van der Waals surface area contributed by atoms with E-state index in [9.17, 15) is 10.2 Å². The first-order chi connectivity index (χ1) is 7.29.